The number of ether oxygens (including phenoxy) is 1. The number of hydrogen-bond donors (Lipinski definition) is 1. The lowest BCUT2D eigenvalue weighted by molar-refractivity contribution is 0.199. The molecule has 25 heavy (non-hydrogen) atoms. The van der Waals surface area contributed by atoms with Crippen molar-refractivity contribution in [2.75, 3.05) is 26.2 Å². The molecule has 1 fully saturated rings. The van der Waals surface area contributed by atoms with Crippen LogP contribution in [-0.2, 0) is 13.0 Å². The van der Waals surface area contributed by atoms with Crippen molar-refractivity contribution in [3.8, 4) is 5.75 Å². The van der Waals surface area contributed by atoms with Crippen molar-refractivity contribution in [2.45, 2.75) is 38.8 Å². The molecular weight excluding hydrogens is 308 g/mol. The van der Waals surface area contributed by atoms with E-state index in [-0.39, 0.29) is 0 Å². The summed E-state index contributed by atoms with van der Waals surface area (Å²) in [4.78, 5) is 2.60. The van der Waals surface area contributed by atoms with Crippen LogP contribution >= 0.6 is 0 Å². The summed E-state index contributed by atoms with van der Waals surface area (Å²) < 4.78 is 5.58. The Morgan fingerprint density at radius 3 is 2.52 bits per heavy atom. The van der Waals surface area contributed by atoms with Gasteiger partial charge in [0, 0.05) is 19.1 Å². The molecule has 0 unspecified atom stereocenters. The molecule has 3 heteroatoms. The first-order valence-electron chi connectivity index (χ1n) is 9.55. The van der Waals surface area contributed by atoms with E-state index in [0.29, 0.717) is 6.04 Å². The zero-order valence-electron chi connectivity index (χ0n) is 15.3. The smallest absolute Gasteiger partial charge is 0.119 e. The third-order valence-electron chi connectivity index (χ3n) is 4.95. The Bertz CT molecular complexity index is 621. The van der Waals surface area contributed by atoms with E-state index in [2.05, 4.69) is 58.7 Å². The number of hydrogen-bond acceptors (Lipinski definition) is 3. The second-order valence-electron chi connectivity index (χ2n) is 6.81. The van der Waals surface area contributed by atoms with Crippen molar-refractivity contribution in [1.29, 1.82) is 0 Å². The van der Waals surface area contributed by atoms with Gasteiger partial charge in [-0.2, -0.15) is 0 Å². The minimum atomic E-state index is 0.628. The second kappa shape index (κ2) is 9.59. The molecule has 1 aliphatic heterocycles. The van der Waals surface area contributed by atoms with Crippen molar-refractivity contribution in [2.24, 2.45) is 0 Å². The molecule has 3 nitrogen and oxygen atoms in total. The van der Waals surface area contributed by atoms with Gasteiger partial charge < -0.3 is 15.0 Å². The van der Waals surface area contributed by atoms with Gasteiger partial charge in [-0.3, -0.25) is 0 Å². The molecule has 0 radical (unpaired) electrons. The standard InChI is InChI=1S/C22H30N2O/c1-2-25-22-10-6-9-20(17-22)18-23-21-12-15-24(16-13-21)14-11-19-7-4-3-5-8-19/h3-10,17,21,23H,2,11-16,18H2,1H3. The van der Waals surface area contributed by atoms with Crippen molar-refractivity contribution in [3.05, 3.63) is 65.7 Å². The van der Waals surface area contributed by atoms with E-state index >= 15 is 0 Å². The van der Waals surface area contributed by atoms with Crippen molar-refractivity contribution in [1.82, 2.24) is 10.2 Å². The summed E-state index contributed by atoms with van der Waals surface area (Å²) in [6.45, 7) is 7.24. The van der Waals surface area contributed by atoms with Gasteiger partial charge in [0.05, 0.1) is 6.61 Å². The maximum Gasteiger partial charge on any atom is 0.119 e. The SMILES string of the molecule is CCOc1cccc(CNC2CCN(CCc3ccccc3)CC2)c1. The van der Waals surface area contributed by atoms with Gasteiger partial charge in [0.1, 0.15) is 5.75 Å². The van der Waals surface area contributed by atoms with Crippen molar-refractivity contribution in [3.63, 3.8) is 0 Å². The van der Waals surface area contributed by atoms with E-state index in [4.69, 9.17) is 4.74 Å². The van der Waals surface area contributed by atoms with E-state index in [1.807, 2.05) is 13.0 Å². The Hall–Kier alpha value is -1.84. The second-order valence-corrected chi connectivity index (χ2v) is 6.81. The van der Waals surface area contributed by atoms with Crippen LogP contribution in [0.3, 0.4) is 0 Å². The molecule has 0 bridgehead atoms. The van der Waals surface area contributed by atoms with E-state index in [0.717, 1.165) is 25.3 Å². The molecule has 1 heterocycles. The Balaban J connectivity index is 1.37. The maximum absolute atomic E-state index is 5.58. The Kier molecular flexibility index (Phi) is 6.89. The van der Waals surface area contributed by atoms with Crippen molar-refractivity contribution >= 4 is 0 Å². The number of likely N-dealkylation sites (tertiary alicyclic amines) is 1. The predicted octanol–water partition coefficient (Wildman–Crippen LogP) is 3.88. The van der Waals surface area contributed by atoms with Crippen LogP contribution in [0.25, 0.3) is 0 Å². The van der Waals surface area contributed by atoms with Gasteiger partial charge >= 0.3 is 0 Å². The summed E-state index contributed by atoms with van der Waals surface area (Å²) in [5.74, 6) is 0.970. The average Bonchev–Trinajstić information content (AvgIpc) is 2.67. The van der Waals surface area contributed by atoms with Crippen LogP contribution in [0.1, 0.15) is 30.9 Å². The molecular formula is C22H30N2O. The van der Waals surface area contributed by atoms with Crippen LogP contribution in [0.15, 0.2) is 54.6 Å². The molecule has 0 aliphatic carbocycles. The summed E-state index contributed by atoms with van der Waals surface area (Å²) in [5, 5.41) is 3.72. The van der Waals surface area contributed by atoms with Gasteiger partial charge in [0.25, 0.3) is 0 Å². The summed E-state index contributed by atoms with van der Waals surface area (Å²) in [7, 11) is 0. The summed E-state index contributed by atoms with van der Waals surface area (Å²) in [6, 6.07) is 19.9. The highest BCUT2D eigenvalue weighted by Gasteiger charge is 2.18. The molecule has 0 aromatic heterocycles. The van der Waals surface area contributed by atoms with E-state index in [9.17, 15) is 0 Å². The highest BCUT2D eigenvalue weighted by molar-refractivity contribution is 5.28. The summed E-state index contributed by atoms with van der Waals surface area (Å²) in [6.07, 6.45) is 3.63. The molecule has 0 spiro atoms. The largest absolute Gasteiger partial charge is 0.494 e. The normalized spacial score (nSPS) is 16.0. The zero-order chi connectivity index (χ0) is 17.3. The van der Waals surface area contributed by atoms with Crippen LogP contribution in [0.4, 0.5) is 0 Å². The van der Waals surface area contributed by atoms with E-state index in [1.54, 1.807) is 0 Å². The van der Waals surface area contributed by atoms with E-state index < -0.39 is 0 Å². The number of nitrogens with zero attached hydrogens (tertiary/aromatic N) is 1. The van der Waals surface area contributed by atoms with Gasteiger partial charge in [-0.1, -0.05) is 42.5 Å². The highest BCUT2D eigenvalue weighted by Crippen LogP contribution is 2.15. The minimum Gasteiger partial charge on any atom is -0.494 e. The predicted molar refractivity (Wildman–Crippen MR) is 104 cm³/mol. The van der Waals surface area contributed by atoms with Crippen LogP contribution in [0, 0.1) is 0 Å². The molecule has 0 atom stereocenters. The minimum absolute atomic E-state index is 0.628. The Morgan fingerprint density at radius 1 is 1.00 bits per heavy atom. The number of benzene rings is 2. The quantitative estimate of drug-likeness (QED) is 0.790. The fourth-order valence-corrected chi connectivity index (χ4v) is 3.47. The highest BCUT2D eigenvalue weighted by atomic mass is 16.5. The molecule has 2 aromatic carbocycles. The first-order valence-corrected chi connectivity index (χ1v) is 9.55. The third-order valence-corrected chi connectivity index (χ3v) is 4.95. The van der Waals surface area contributed by atoms with Gasteiger partial charge in [-0.15, -0.1) is 0 Å². The van der Waals surface area contributed by atoms with Crippen LogP contribution in [0.2, 0.25) is 0 Å². The molecule has 1 saturated heterocycles. The molecule has 0 saturated carbocycles. The van der Waals surface area contributed by atoms with Gasteiger partial charge in [0.2, 0.25) is 0 Å². The number of piperidine rings is 1. The third kappa shape index (κ3) is 5.87. The van der Waals surface area contributed by atoms with Crippen molar-refractivity contribution < 1.29 is 4.74 Å². The lowest BCUT2D eigenvalue weighted by Gasteiger charge is -2.32. The molecule has 3 rings (SSSR count). The fraction of sp³-hybridized carbons (Fsp3) is 0.455. The van der Waals surface area contributed by atoms with Crippen LogP contribution in [0.5, 0.6) is 5.75 Å². The average molecular weight is 338 g/mol. The van der Waals surface area contributed by atoms with Gasteiger partial charge in [-0.25, -0.2) is 0 Å². The summed E-state index contributed by atoms with van der Waals surface area (Å²) >= 11 is 0. The fourth-order valence-electron chi connectivity index (χ4n) is 3.47. The molecule has 1 aliphatic rings. The first-order chi connectivity index (χ1) is 12.3. The van der Waals surface area contributed by atoms with Gasteiger partial charge in [-0.05, 0) is 62.5 Å². The van der Waals surface area contributed by atoms with Crippen LogP contribution < -0.4 is 10.1 Å². The lowest BCUT2D eigenvalue weighted by atomic mass is 10.0. The van der Waals surface area contributed by atoms with Gasteiger partial charge in [0.15, 0.2) is 0 Å². The lowest BCUT2D eigenvalue weighted by Crippen LogP contribution is -2.42. The monoisotopic (exact) mass is 338 g/mol. The molecule has 134 valence electrons. The van der Waals surface area contributed by atoms with Crippen LogP contribution in [-0.4, -0.2) is 37.2 Å². The Labute approximate surface area is 152 Å². The maximum atomic E-state index is 5.58. The zero-order valence-corrected chi connectivity index (χ0v) is 15.3. The molecule has 0 amide bonds. The number of rotatable bonds is 8. The van der Waals surface area contributed by atoms with E-state index in [1.165, 1.54) is 43.6 Å². The summed E-state index contributed by atoms with van der Waals surface area (Å²) in [5.41, 5.74) is 2.74. The topological polar surface area (TPSA) is 24.5 Å². The molecule has 1 N–H and O–H groups in total. The number of nitrogens with one attached hydrogen (secondary N) is 1. The first kappa shape index (κ1) is 18.0. The Morgan fingerprint density at radius 2 is 1.76 bits per heavy atom. The molecule has 2 aromatic rings.